The van der Waals surface area contributed by atoms with Gasteiger partial charge in [-0.3, -0.25) is 4.72 Å². The zero-order valence-electron chi connectivity index (χ0n) is 11.5. The van der Waals surface area contributed by atoms with Crippen molar-refractivity contribution in [2.45, 2.75) is 26.3 Å². The lowest BCUT2D eigenvalue weighted by Crippen LogP contribution is -2.30. The van der Waals surface area contributed by atoms with Gasteiger partial charge in [0.25, 0.3) is 0 Å². The summed E-state index contributed by atoms with van der Waals surface area (Å²) in [6, 6.07) is 4.30. The molecule has 1 aromatic rings. The molecule has 0 aliphatic rings. The third-order valence-corrected chi connectivity index (χ3v) is 3.98. The topological polar surface area (TPSA) is 49.4 Å². The van der Waals surface area contributed by atoms with E-state index in [1.165, 1.54) is 12.1 Å². The van der Waals surface area contributed by atoms with Crippen LogP contribution >= 0.6 is 0 Å². The van der Waals surface area contributed by atoms with Crippen LogP contribution < -0.4 is 9.62 Å². The molecule has 0 radical (unpaired) electrons. The number of nitrogens with zero attached hydrogens (tertiary/aromatic N) is 1. The molecule has 8 heteroatoms. The van der Waals surface area contributed by atoms with E-state index in [1.54, 1.807) is 10.8 Å². The van der Waals surface area contributed by atoms with Crippen molar-refractivity contribution in [3.63, 3.8) is 0 Å². The van der Waals surface area contributed by atoms with E-state index in [2.05, 4.69) is 0 Å². The highest BCUT2D eigenvalue weighted by atomic mass is 32.2. The van der Waals surface area contributed by atoms with Gasteiger partial charge in [-0.2, -0.15) is 21.6 Å². The van der Waals surface area contributed by atoms with Crippen LogP contribution in [0.3, 0.4) is 0 Å². The van der Waals surface area contributed by atoms with Crippen LogP contribution in [0.1, 0.15) is 19.4 Å². The van der Waals surface area contributed by atoms with Crippen LogP contribution in [0.4, 0.5) is 24.5 Å². The van der Waals surface area contributed by atoms with Crippen molar-refractivity contribution in [1.82, 2.24) is 0 Å². The van der Waals surface area contributed by atoms with Crippen molar-refractivity contribution in [1.29, 1.82) is 0 Å². The molecule has 0 atom stereocenters. The van der Waals surface area contributed by atoms with Gasteiger partial charge in [0.15, 0.2) is 0 Å². The van der Waals surface area contributed by atoms with Gasteiger partial charge in [-0.15, -0.1) is 0 Å². The Morgan fingerprint density at radius 3 is 2.20 bits per heavy atom. The van der Waals surface area contributed by atoms with Gasteiger partial charge in [-0.1, -0.05) is 6.07 Å². The Labute approximate surface area is 116 Å². The van der Waals surface area contributed by atoms with Crippen LogP contribution in [-0.4, -0.2) is 27.0 Å². The number of sulfonamides is 1. The molecule has 1 aromatic carbocycles. The highest BCUT2D eigenvalue weighted by Crippen LogP contribution is 2.29. The summed E-state index contributed by atoms with van der Waals surface area (Å²) in [5.74, 6) is 0. The van der Waals surface area contributed by atoms with Crippen LogP contribution in [0.5, 0.6) is 0 Å². The Morgan fingerprint density at radius 2 is 1.75 bits per heavy atom. The van der Waals surface area contributed by atoms with Gasteiger partial charge < -0.3 is 4.90 Å². The number of alkyl halides is 3. The first kappa shape index (κ1) is 16.6. The van der Waals surface area contributed by atoms with E-state index in [1.807, 2.05) is 25.7 Å². The highest BCUT2D eigenvalue weighted by Gasteiger charge is 2.46. The van der Waals surface area contributed by atoms with E-state index in [0.717, 1.165) is 5.56 Å². The van der Waals surface area contributed by atoms with Gasteiger partial charge in [0.1, 0.15) is 0 Å². The molecule has 4 nitrogen and oxygen atoms in total. The van der Waals surface area contributed by atoms with Gasteiger partial charge in [0, 0.05) is 18.8 Å². The number of halogens is 3. The first-order chi connectivity index (χ1) is 9.12. The molecule has 114 valence electrons. The second-order valence-corrected chi connectivity index (χ2v) is 5.90. The van der Waals surface area contributed by atoms with Gasteiger partial charge in [-0.05, 0) is 38.5 Å². The summed E-state index contributed by atoms with van der Waals surface area (Å²) in [7, 11) is -5.39. The first-order valence-electron chi connectivity index (χ1n) is 6.07. The van der Waals surface area contributed by atoms with Crippen LogP contribution in [0.15, 0.2) is 18.2 Å². The monoisotopic (exact) mass is 310 g/mol. The summed E-state index contributed by atoms with van der Waals surface area (Å²) in [6.45, 7) is 6.99. The molecule has 0 saturated heterocycles. The zero-order valence-corrected chi connectivity index (χ0v) is 12.3. The average molecular weight is 310 g/mol. The maximum Gasteiger partial charge on any atom is 0.516 e. The molecule has 0 fully saturated rings. The Kier molecular flexibility index (Phi) is 4.90. The third-order valence-electron chi connectivity index (χ3n) is 2.87. The predicted molar refractivity (Wildman–Crippen MR) is 73.3 cm³/mol. The van der Waals surface area contributed by atoms with E-state index in [-0.39, 0.29) is 5.69 Å². The SMILES string of the molecule is CCN(CC)c1cc(NS(=O)(=O)C(F)(F)F)ccc1C. The molecule has 0 spiro atoms. The van der Waals surface area contributed by atoms with Crippen molar-refractivity contribution in [2.24, 2.45) is 0 Å². The Balaban J connectivity index is 3.14. The van der Waals surface area contributed by atoms with E-state index in [4.69, 9.17) is 0 Å². The second-order valence-electron chi connectivity index (χ2n) is 4.22. The number of hydrogen-bond donors (Lipinski definition) is 1. The number of aryl methyl sites for hydroxylation is 1. The standard InChI is InChI=1S/C12H17F3N2O2S/c1-4-17(5-2)11-8-10(7-6-9(11)3)16-20(18,19)12(13,14)15/h6-8,16H,4-5H2,1-3H3. The summed E-state index contributed by atoms with van der Waals surface area (Å²) in [5, 5.41) is 0. The lowest BCUT2D eigenvalue weighted by molar-refractivity contribution is -0.0429. The molecule has 1 rings (SSSR count). The molecule has 0 bridgehead atoms. The summed E-state index contributed by atoms with van der Waals surface area (Å²) in [6.07, 6.45) is 0. The number of nitrogens with one attached hydrogen (secondary N) is 1. The lowest BCUT2D eigenvalue weighted by atomic mass is 10.1. The fourth-order valence-electron chi connectivity index (χ4n) is 1.79. The fourth-order valence-corrected chi connectivity index (χ4v) is 2.34. The molecule has 20 heavy (non-hydrogen) atoms. The molecular weight excluding hydrogens is 293 g/mol. The number of benzene rings is 1. The molecule has 0 unspecified atom stereocenters. The second kappa shape index (κ2) is 5.90. The predicted octanol–water partition coefficient (Wildman–Crippen LogP) is 3.10. The molecule has 0 aliphatic heterocycles. The lowest BCUT2D eigenvalue weighted by Gasteiger charge is -2.24. The Bertz CT molecular complexity index is 567. The van der Waals surface area contributed by atoms with E-state index >= 15 is 0 Å². The first-order valence-corrected chi connectivity index (χ1v) is 7.55. The van der Waals surface area contributed by atoms with Crippen molar-refractivity contribution >= 4 is 21.4 Å². The number of rotatable bonds is 5. The molecule has 0 aromatic heterocycles. The van der Waals surface area contributed by atoms with Crippen molar-refractivity contribution < 1.29 is 21.6 Å². The summed E-state index contributed by atoms with van der Waals surface area (Å²) in [5.41, 5.74) is -3.86. The molecule has 0 aliphatic carbocycles. The van der Waals surface area contributed by atoms with Crippen molar-refractivity contribution in [3.05, 3.63) is 23.8 Å². The van der Waals surface area contributed by atoms with Crippen LogP contribution in [0.25, 0.3) is 0 Å². The largest absolute Gasteiger partial charge is 0.516 e. The zero-order chi connectivity index (χ0) is 15.6. The van der Waals surface area contributed by atoms with Crippen LogP contribution in [-0.2, 0) is 10.0 Å². The molecular formula is C12H17F3N2O2S. The van der Waals surface area contributed by atoms with Crippen LogP contribution in [0, 0.1) is 6.92 Å². The van der Waals surface area contributed by atoms with Gasteiger partial charge >= 0.3 is 15.5 Å². The van der Waals surface area contributed by atoms with E-state index in [0.29, 0.717) is 18.8 Å². The van der Waals surface area contributed by atoms with Crippen LogP contribution in [0.2, 0.25) is 0 Å². The van der Waals surface area contributed by atoms with E-state index in [9.17, 15) is 21.6 Å². The highest BCUT2D eigenvalue weighted by molar-refractivity contribution is 7.93. The smallest absolute Gasteiger partial charge is 0.372 e. The summed E-state index contributed by atoms with van der Waals surface area (Å²) < 4.78 is 60.7. The van der Waals surface area contributed by atoms with Crippen molar-refractivity contribution in [3.8, 4) is 0 Å². The molecule has 0 heterocycles. The number of anilines is 2. The van der Waals surface area contributed by atoms with Gasteiger partial charge in [0.2, 0.25) is 0 Å². The van der Waals surface area contributed by atoms with Gasteiger partial charge in [0.05, 0.1) is 5.69 Å². The average Bonchev–Trinajstić information content (AvgIpc) is 2.33. The minimum Gasteiger partial charge on any atom is -0.372 e. The summed E-state index contributed by atoms with van der Waals surface area (Å²) >= 11 is 0. The molecule has 1 N–H and O–H groups in total. The normalized spacial score (nSPS) is 12.3. The minimum atomic E-state index is -5.39. The number of hydrogen-bond acceptors (Lipinski definition) is 3. The molecule has 0 saturated carbocycles. The minimum absolute atomic E-state index is 0.102. The van der Waals surface area contributed by atoms with Crippen molar-refractivity contribution in [2.75, 3.05) is 22.7 Å². The Morgan fingerprint density at radius 1 is 1.20 bits per heavy atom. The maximum atomic E-state index is 12.3. The van der Waals surface area contributed by atoms with Gasteiger partial charge in [-0.25, -0.2) is 0 Å². The summed E-state index contributed by atoms with van der Waals surface area (Å²) in [4.78, 5) is 1.93. The van der Waals surface area contributed by atoms with E-state index < -0.39 is 15.5 Å². The third kappa shape index (κ3) is 3.56. The quantitative estimate of drug-likeness (QED) is 0.909. The molecule has 0 amide bonds. The maximum absolute atomic E-state index is 12.3. The Hall–Kier alpha value is -1.44. The fraction of sp³-hybridized carbons (Fsp3) is 0.500.